The first kappa shape index (κ1) is 9.78. The Morgan fingerprint density at radius 2 is 2.43 bits per heavy atom. The van der Waals surface area contributed by atoms with E-state index in [0.717, 1.165) is 0 Å². The fraction of sp³-hybridized carbons (Fsp3) is 0. The lowest BCUT2D eigenvalue weighted by Crippen LogP contribution is -2.24. The number of rotatable bonds is 2. The number of benzene rings is 1. The monoisotopic (exact) mass is 194 g/mol. The summed E-state index contributed by atoms with van der Waals surface area (Å²) in [6.07, 6.45) is 0. The summed E-state index contributed by atoms with van der Waals surface area (Å²) in [6, 6.07) is 7.58. The van der Waals surface area contributed by atoms with Crippen LogP contribution < -0.4 is 16.8 Å². The highest BCUT2D eigenvalue weighted by atomic mass is 16.7. The molecule has 7 nitrogen and oxygen atoms in total. The van der Waals surface area contributed by atoms with Crippen molar-refractivity contribution < 1.29 is 5.03 Å². The van der Waals surface area contributed by atoms with Crippen molar-refractivity contribution in [3.63, 3.8) is 0 Å². The highest BCUT2D eigenvalue weighted by Gasteiger charge is 2.02. The number of hydrogen-bond donors (Lipinski definition) is 3. The van der Waals surface area contributed by atoms with E-state index >= 15 is 0 Å². The first-order valence-electron chi connectivity index (χ1n) is 3.61. The second kappa shape index (κ2) is 4.08. The SMILES string of the molecule is NC(=N[N+](=O)[O-])Nc1ccc[c]c1N. The van der Waals surface area contributed by atoms with Crippen molar-refractivity contribution in [2.45, 2.75) is 0 Å². The van der Waals surface area contributed by atoms with Gasteiger partial charge in [-0.2, -0.15) is 0 Å². The van der Waals surface area contributed by atoms with Crippen molar-refractivity contribution in [3.05, 3.63) is 34.4 Å². The maximum Gasteiger partial charge on any atom is 0.270 e. The van der Waals surface area contributed by atoms with E-state index in [4.69, 9.17) is 11.5 Å². The smallest absolute Gasteiger partial charge is 0.270 e. The van der Waals surface area contributed by atoms with Gasteiger partial charge in [0.15, 0.2) is 5.03 Å². The number of hydrogen-bond acceptors (Lipinski definition) is 3. The standard InChI is InChI=1S/C7H8N5O2/c8-5-3-1-2-4-6(5)10-7(9)11-12(13)14/h1-2,4H,8H2,(H3,9,10,11). The Morgan fingerprint density at radius 1 is 1.71 bits per heavy atom. The molecule has 0 amide bonds. The van der Waals surface area contributed by atoms with E-state index in [2.05, 4.69) is 16.5 Å². The summed E-state index contributed by atoms with van der Waals surface area (Å²) >= 11 is 0. The number of guanidine groups is 1. The molecule has 0 spiro atoms. The summed E-state index contributed by atoms with van der Waals surface area (Å²) < 4.78 is 0. The molecule has 0 saturated heterocycles. The van der Waals surface area contributed by atoms with Gasteiger partial charge in [0.05, 0.1) is 11.4 Å². The van der Waals surface area contributed by atoms with Crippen LogP contribution in [0.1, 0.15) is 0 Å². The molecule has 73 valence electrons. The van der Waals surface area contributed by atoms with E-state index < -0.39 is 5.03 Å². The van der Waals surface area contributed by atoms with Crippen LogP contribution in [0.5, 0.6) is 0 Å². The minimum Gasteiger partial charge on any atom is -0.397 e. The third-order valence-corrected chi connectivity index (χ3v) is 1.34. The minimum atomic E-state index is -0.898. The molecule has 1 radical (unpaired) electrons. The molecule has 0 atom stereocenters. The fourth-order valence-electron chi connectivity index (χ4n) is 0.810. The van der Waals surface area contributed by atoms with Gasteiger partial charge < -0.3 is 16.8 Å². The van der Waals surface area contributed by atoms with E-state index in [1.807, 2.05) is 0 Å². The van der Waals surface area contributed by atoms with Gasteiger partial charge in [0.25, 0.3) is 5.96 Å². The van der Waals surface area contributed by atoms with Gasteiger partial charge in [-0.05, 0) is 6.07 Å². The van der Waals surface area contributed by atoms with Crippen LogP contribution in [0.25, 0.3) is 0 Å². The van der Waals surface area contributed by atoms with Crippen molar-refractivity contribution >= 4 is 17.3 Å². The number of hydrazone groups is 1. The largest absolute Gasteiger partial charge is 0.397 e. The Labute approximate surface area is 79.5 Å². The Bertz CT molecular complexity index is 376. The summed E-state index contributed by atoms with van der Waals surface area (Å²) in [6.45, 7) is 0. The summed E-state index contributed by atoms with van der Waals surface area (Å²) in [4.78, 5) is 9.94. The molecule has 14 heavy (non-hydrogen) atoms. The number of anilines is 2. The molecule has 1 aromatic carbocycles. The molecule has 0 heterocycles. The molecule has 0 aliphatic carbocycles. The molecular formula is C7H8N5O2. The van der Waals surface area contributed by atoms with E-state index in [1.54, 1.807) is 18.2 Å². The molecule has 0 unspecified atom stereocenters. The van der Waals surface area contributed by atoms with E-state index in [1.165, 1.54) is 0 Å². The zero-order chi connectivity index (χ0) is 10.6. The maximum atomic E-state index is 9.94. The number of para-hydroxylation sites is 1. The molecule has 0 bridgehead atoms. The molecule has 5 N–H and O–H groups in total. The number of nitrogens with zero attached hydrogens (tertiary/aromatic N) is 2. The highest BCUT2D eigenvalue weighted by molar-refractivity contribution is 5.94. The van der Waals surface area contributed by atoms with Gasteiger partial charge in [0, 0.05) is 6.07 Å². The van der Waals surface area contributed by atoms with Crippen molar-refractivity contribution in [2.75, 3.05) is 11.1 Å². The lowest BCUT2D eigenvalue weighted by atomic mass is 10.3. The number of nitro groups is 1. The van der Waals surface area contributed by atoms with Crippen LogP contribution in [0.3, 0.4) is 0 Å². The summed E-state index contributed by atoms with van der Waals surface area (Å²) in [5.74, 6) is -0.332. The van der Waals surface area contributed by atoms with Gasteiger partial charge in [-0.1, -0.05) is 12.1 Å². The lowest BCUT2D eigenvalue weighted by Gasteiger charge is -2.04. The van der Waals surface area contributed by atoms with Gasteiger partial charge >= 0.3 is 0 Å². The van der Waals surface area contributed by atoms with Crippen molar-refractivity contribution in [1.29, 1.82) is 0 Å². The highest BCUT2D eigenvalue weighted by Crippen LogP contribution is 2.15. The summed E-state index contributed by atoms with van der Waals surface area (Å²) in [5, 5.41) is 14.4. The van der Waals surface area contributed by atoms with Crippen LogP contribution in [-0.2, 0) is 0 Å². The Morgan fingerprint density at radius 3 is 3.00 bits per heavy atom. The Hall–Kier alpha value is -2.31. The molecule has 0 saturated carbocycles. The minimum absolute atomic E-state index is 0.314. The third-order valence-electron chi connectivity index (χ3n) is 1.34. The lowest BCUT2D eigenvalue weighted by molar-refractivity contribution is -0.485. The fourth-order valence-corrected chi connectivity index (χ4v) is 0.810. The normalized spacial score (nSPS) is 11.0. The molecule has 0 aromatic heterocycles. The van der Waals surface area contributed by atoms with Crippen LogP contribution in [0.15, 0.2) is 23.3 Å². The third kappa shape index (κ3) is 2.63. The van der Waals surface area contributed by atoms with Gasteiger partial charge in [-0.3, -0.25) is 0 Å². The predicted octanol–water partition coefficient (Wildman–Crippen LogP) is -0.0127. The van der Waals surface area contributed by atoms with Crippen molar-refractivity contribution in [2.24, 2.45) is 10.8 Å². The average Bonchev–Trinajstić information content (AvgIpc) is 2.07. The zero-order valence-electron chi connectivity index (χ0n) is 7.10. The average molecular weight is 194 g/mol. The van der Waals surface area contributed by atoms with E-state index in [-0.39, 0.29) is 5.96 Å². The van der Waals surface area contributed by atoms with Crippen LogP contribution in [0.4, 0.5) is 11.4 Å². The van der Waals surface area contributed by atoms with Crippen LogP contribution in [0, 0.1) is 16.2 Å². The van der Waals surface area contributed by atoms with E-state index in [0.29, 0.717) is 11.4 Å². The summed E-state index contributed by atoms with van der Waals surface area (Å²) in [5.41, 5.74) is 11.4. The first-order chi connectivity index (χ1) is 6.59. The molecular weight excluding hydrogens is 186 g/mol. The van der Waals surface area contributed by atoms with Crippen LogP contribution in [-0.4, -0.2) is 11.0 Å². The molecule has 0 fully saturated rings. The van der Waals surface area contributed by atoms with Gasteiger partial charge in [0.2, 0.25) is 0 Å². The topological polar surface area (TPSA) is 120 Å². The molecule has 1 rings (SSSR count). The van der Waals surface area contributed by atoms with Crippen LogP contribution >= 0.6 is 0 Å². The maximum absolute atomic E-state index is 9.94. The van der Waals surface area contributed by atoms with Crippen molar-refractivity contribution in [1.82, 2.24) is 0 Å². The van der Waals surface area contributed by atoms with Gasteiger partial charge in [-0.25, -0.2) is 10.1 Å². The second-order valence-electron chi connectivity index (χ2n) is 2.35. The summed E-state index contributed by atoms with van der Waals surface area (Å²) in [7, 11) is 0. The van der Waals surface area contributed by atoms with Crippen molar-refractivity contribution in [3.8, 4) is 0 Å². The zero-order valence-corrected chi connectivity index (χ0v) is 7.10. The quantitative estimate of drug-likeness (QED) is 0.201. The van der Waals surface area contributed by atoms with Crippen LogP contribution in [0.2, 0.25) is 0 Å². The Kier molecular flexibility index (Phi) is 2.85. The molecule has 1 aromatic rings. The number of nitrogens with one attached hydrogen (secondary N) is 1. The second-order valence-corrected chi connectivity index (χ2v) is 2.35. The predicted molar refractivity (Wildman–Crippen MR) is 51.9 cm³/mol. The van der Waals surface area contributed by atoms with E-state index in [9.17, 15) is 10.1 Å². The Balaban J connectivity index is 2.79. The molecule has 0 aliphatic heterocycles. The number of nitrogen functional groups attached to an aromatic ring is 1. The first-order valence-corrected chi connectivity index (χ1v) is 3.61. The molecule has 7 heteroatoms. The van der Waals surface area contributed by atoms with Gasteiger partial charge in [0.1, 0.15) is 5.10 Å². The van der Waals surface area contributed by atoms with Gasteiger partial charge in [-0.15, -0.1) is 0 Å². The molecule has 0 aliphatic rings. The number of nitrogens with two attached hydrogens (primary N) is 2.